The number of benzene rings is 1. The van der Waals surface area contributed by atoms with Gasteiger partial charge in [0.1, 0.15) is 4.90 Å². The number of hydrogen-bond donors (Lipinski definition) is 2. The summed E-state index contributed by atoms with van der Waals surface area (Å²) in [6, 6.07) is 14.6. The first-order chi connectivity index (χ1) is 15.4. The second-order valence-electron chi connectivity index (χ2n) is 8.53. The average molecular weight is 534 g/mol. The van der Waals surface area contributed by atoms with E-state index >= 15 is 0 Å². The molecule has 10 heteroatoms. The van der Waals surface area contributed by atoms with Crippen molar-refractivity contribution in [2.24, 2.45) is 0 Å². The van der Waals surface area contributed by atoms with Gasteiger partial charge in [-0.05, 0) is 79.1 Å². The monoisotopic (exact) mass is 533 g/mol. The Kier molecular flexibility index (Phi) is 10.2. The number of aryl methyl sites for hydroxylation is 1. The number of fused-ring (bicyclic) bond motifs is 1. The first-order valence-electron chi connectivity index (χ1n) is 10.7. The molecule has 1 aromatic rings. The molecule has 2 N–H and O–H groups in total. The maximum absolute atomic E-state index is 12.5. The predicted octanol–water partition coefficient (Wildman–Crippen LogP) is 2.62. The van der Waals surface area contributed by atoms with Gasteiger partial charge in [-0.15, -0.1) is 0 Å². The van der Waals surface area contributed by atoms with Crippen LogP contribution in [0.15, 0.2) is 64.4 Å². The number of sulfonamides is 1. The number of nitrogens with one attached hydrogen (secondary N) is 1. The fraction of sp³-hybridized carbons (Fsp3) is 0.333. The summed E-state index contributed by atoms with van der Waals surface area (Å²) in [4.78, 5) is 0.0434. The quantitative estimate of drug-likeness (QED) is 0.325. The van der Waals surface area contributed by atoms with E-state index in [1.165, 1.54) is 30.3 Å². The first kappa shape index (κ1) is 29.3. The summed E-state index contributed by atoms with van der Waals surface area (Å²) in [5.74, 6) is 0.272. The standard InChI is InChI=1S/C24H28ClNO5S2.Na.H/c1-16(2)18-7-13-22-19(15-24(33(29,30)31)23(22)14-8-18)6-4-5-17(3)26-32(27,28)21-11-9-20(25)10-12-21;;/h7-17,26H,4-6H2,1-3H3,(H,29,30,31);;/q;+1;-1. The minimum atomic E-state index is -4.37. The normalized spacial score (nSPS) is 13.1. The van der Waals surface area contributed by atoms with Crippen LogP contribution in [-0.4, -0.2) is 27.4 Å². The molecule has 0 bridgehead atoms. The van der Waals surface area contributed by atoms with Gasteiger partial charge in [0.05, 0.1) is 4.90 Å². The van der Waals surface area contributed by atoms with E-state index in [2.05, 4.69) is 18.6 Å². The van der Waals surface area contributed by atoms with E-state index in [0.29, 0.717) is 29.8 Å². The Bertz CT molecular complexity index is 1320. The summed E-state index contributed by atoms with van der Waals surface area (Å²) >= 11 is 5.83. The zero-order valence-corrected chi connectivity index (χ0v) is 24.1. The van der Waals surface area contributed by atoms with Gasteiger partial charge in [0.2, 0.25) is 10.0 Å². The van der Waals surface area contributed by atoms with Crippen LogP contribution in [0.3, 0.4) is 0 Å². The summed E-state index contributed by atoms with van der Waals surface area (Å²) in [6.45, 7) is 5.89. The molecule has 1 atom stereocenters. The van der Waals surface area contributed by atoms with Crippen molar-refractivity contribution in [2.45, 2.75) is 61.8 Å². The van der Waals surface area contributed by atoms with Gasteiger partial charge in [0.25, 0.3) is 10.1 Å². The van der Waals surface area contributed by atoms with Crippen LogP contribution < -0.4 is 34.3 Å². The van der Waals surface area contributed by atoms with Crippen LogP contribution in [0.1, 0.15) is 52.1 Å². The largest absolute Gasteiger partial charge is 1.00 e. The van der Waals surface area contributed by atoms with Crippen LogP contribution in [0.2, 0.25) is 5.02 Å². The van der Waals surface area contributed by atoms with E-state index in [-0.39, 0.29) is 52.7 Å². The van der Waals surface area contributed by atoms with Crippen LogP contribution in [0, 0.1) is 0 Å². The average Bonchev–Trinajstić information content (AvgIpc) is 2.91. The number of halogens is 1. The van der Waals surface area contributed by atoms with Gasteiger partial charge in [-0.3, -0.25) is 4.55 Å². The molecule has 1 aromatic carbocycles. The maximum atomic E-state index is 12.5. The van der Waals surface area contributed by atoms with Crippen molar-refractivity contribution in [2.75, 3.05) is 0 Å². The predicted molar refractivity (Wildman–Crippen MR) is 132 cm³/mol. The third-order valence-corrected chi connectivity index (χ3v) is 8.35. The van der Waals surface area contributed by atoms with Crippen molar-refractivity contribution in [1.29, 1.82) is 0 Å². The minimum absolute atomic E-state index is 0. The van der Waals surface area contributed by atoms with Crippen LogP contribution in [0.4, 0.5) is 0 Å². The van der Waals surface area contributed by atoms with Crippen molar-refractivity contribution in [3.63, 3.8) is 0 Å². The topological polar surface area (TPSA) is 101 Å². The summed E-state index contributed by atoms with van der Waals surface area (Å²) in [5.41, 5.74) is 3.11. The van der Waals surface area contributed by atoms with Gasteiger partial charge in [0.15, 0.2) is 0 Å². The van der Waals surface area contributed by atoms with E-state index in [4.69, 9.17) is 11.6 Å². The Morgan fingerprint density at radius 2 is 1.53 bits per heavy atom. The van der Waals surface area contributed by atoms with Crippen molar-refractivity contribution >= 4 is 31.7 Å². The molecule has 0 fully saturated rings. The van der Waals surface area contributed by atoms with Crippen molar-refractivity contribution in [1.82, 2.24) is 4.72 Å². The molecule has 180 valence electrons. The third kappa shape index (κ3) is 7.27. The number of hydrogen-bond acceptors (Lipinski definition) is 4. The van der Waals surface area contributed by atoms with Crippen molar-refractivity contribution in [3.8, 4) is 11.1 Å². The smallest absolute Gasteiger partial charge is 1.00 e. The molecule has 2 aliphatic carbocycles. The molecule has 0 amide bonds. The Morgan fingerprint density at radius 3 is 2.09 bits per heavy atom. The third-order valence-electron chi connectivity index (χ3n) is 5.60. The van der Waals surface area contributed by atoms with E-state index in [1.807, 2.05) is 18.2 Å². The molecule has 1 unspecified atom stereocenters. The molecule has 0 spiro atoms. The minimum Gasteiger partial charge on any atom is -1.00 e. The molecule has 0 radical (unpaired) electrons. The van der Waals surface area contributed by atoms with Gasteiger partial charge >= 0.3 is 29.6 Å². The van der Waals surface area contributed by atoms with Gasteiger partial charge in [0, 0.05) is 16.6 Å². The second kappa shape index (κ2) is 11.8. The summed E-state index contributed by atoms with van der Waals surface area (Å²) in [6.07, 6.45) is 1.72. The zero-order chi connectivity index (χ0) is 24.4. The van der Waals surface area contributed by atoms with E-state index in [1.54, 1.807) is 13.0 Å². The van der Waals surface area contributed by atoms with Crippen molar-refractivity contribution in [3.05, 3.63) is 70.7 Å². The van der Waals surface area contributed by atoms with E-state index in [0.717, 1.165) is 16.7 Å². The fourth-order valence-electron chi connectivity index (χ4n) is 3.81. The van der Waals surface area contributed by atoms with Gasteiger partial charge in [-0.1, -0.05) is 49.7 Å². The molecule has 0 aromatic heterocycles. The Morgan fingerprint density at radius 1 is 0.941 bits per heavy atom. The van der Waals surface area contributed by atoms with Gasteiger partial charge in [-0.2, -0.15) is 8.42 Å². The van der Waals surface area contributed by atoms with Crippen molar-refractivity contribution < 1.29 is 52.4 Å². The molecule has 34 heavy (non-hydrogen) atoms. The second-order valence-corrected chi connectivity index (χ2v) is 12.1. The first-order valence-corrected chi connectivity index (χ1v) is 14.0. The fourth-order valence-corrected chi connectivity index (χ4v) is 5.96. The van der Waals surface area contributed by atoms with Gasteiger partial charge < -0.3 is 1.43 Å². The Labute approximate surface area is 231 Å². The van der Waals surface area contributed by atoms with Gasteiger partial charge in [-0.25, -0.2) is 13.1 Å². The maximum Gasteiger partial charge on any atom is 1.00 e. The molecule has 3 rings (SSSR count). The van der Waals surface area contributed by atoms with E-state index < -0.39 is 20.1 Å². The molecule has 0 aliphatic heterocycles. The molecular formula is C24H29ClNNaO5S2. The zero-order valence-electron chi connectivity index (χ0n) is 20.7. The summed E-state index contributed by atoms with van der Waals surface area (Å²) in [7, 11) is -8.04. The molecule has 0 saturated heterocycles. The van der Waals surface area contributed by atoms with E-state index in [9.17, 15) is 21.4 Å². The molecule has 2 aliphatic rings. The molecule has 0 heterocycles. The molecule has 0 saturated carbocycles. The summed E-state index contributed by atoms with van der Waals surface area (Å²) < 4.78 is 61.4. The Balaban J connectivity index is 0.00000306. The molecule has 6 nitrogen and oxygen atoms in total. The van der Waals surface area contributed by atoms with Crippen LogP contribution >= 0.6 is 11.6 Å². The Hall–Kier alpha value is -0.970. The number of rotatable bonds is 9. The van der Waals surface area contributed by atoms with Crippen LogP contribution in [0.25, 0.3) is 11.1 Å². The SMILES string of the molecule is CC(CCCc1cc(S(=O)(=O)O)c2ccc(C(C)C)ccc1-2)NS(=O)(=O)c1ccc(Cl)cc1.[H-].[Na+]. The molecular weight excluding hydrogens is 505 g/mol. The van der Waals surface area contributed by atoms with Crippen LogP contribution in [0.5, 0.6) is 0 Å². The van der Waals surface area contributed by atoms with Crippen LogP contribution in [-0.2, 0) is 26.6 Å². The summed E-state index contributed by atoms with van der Waals surface area (Å²) in [5, 5.41) is 0.460.